The Morgan fingerprint density at radius 2 is 0.943 bits per heavy atom. The molecule has 1 fully saturated rings. The molecule has 0 amide bonds. The van der Waals surface area contributed by atoms with Crippen LogP contribution in [0.3, 0.4) is 0 Å². The Morgan fingerprint density at radius 3 is 1.23 bits per heavy atom. The van der Waals surface area contributed by atoms with Crippen molar-refractivity contribution in [3.8, 4) is 0 Å². The Balaban J connectivity index is 2.72. The van der Waals surface area contributed by atoms with Gasteiger partial charge in [-0.05, 0) is 25.7 Å². The first-order valence-electron chi connectivity index (χ1n) is 13.0. The third-order valence-corrected chi connectivity index (χ3v) is 9.21. The molecule has 1 heterocycles. The van der Waals surface area contributed by atoms with Gasteiger partial charge in [0.25, 0.3) is 0 Å². The van der Waals surface area contributed by atoms with Gasteiger partial charge in [0.1, 0.15) is 13.2 Å². The van der Waals surface area contributed by atoms with Gasteiger partial charge in [-0.15, -0.1) is 11.8 Å². The maximum atomic E-state index is 12.9. The highest BCUT2D eigenvalue weighted by atomic mass is 32.2. The molecular formula is C24H46O8P2S. The summed E-state index contributed by atoms with van der Waals surface area (Å²) in [7, 11) is -4.30. The minimum atomic E-state index is -2.15. The van der Waals surface area contributed by atoms with Crippen molar-refractivity contribution in [1.29, 1.82) is 0 Å². The Kier molecular flexibility index (Phi) is 21.3. The summed E-state index contributed by atoms with van der Waals surface area (Å²) in [5.74, 6) is 1.02. The predicted molar refractivity (Wildman–Crippen MR) is 144 cm³/mol. The van der Waals surface area contributed by atoms with Gasteiger partial charge in [-0.2, -0.15) is 9.05 Å². The second-order valence-electron chi connectivity index (χ2n) is 8.25. The van der Waals surface area contributed by atoms with E-state index < -0.39 is 28.6 Å². The van der Waals surface area contributed by atoms with Gasteiger partial charge in [-0.3, -0.25) is 0 Å². The lowest BCUT2D eigenvalue weighted by Crippen LogP contribution is -2.26. The van der Waals surface area contributed by atoms with Crippen molar-refractivity contribution >= 4 is 38.3 Å². The first kappa shape index (κ1) is 33.4. The van der Waals surface area contributed by atoms with E-state index in [0.717, 1.165) is 51.4 Å². The first-order valence-corrected chi connectivity index (χ1v) is 16.5. The number of thioether (sulfide) groups is 1. The normalized spacial score (nSPS) is 17.1. The van der Waals surface area contributed by atoms with Crippen LogP contribution in [-0.4, -0.2) is 74.3 Å². The second kappa shape index (κ2) is 22.4. The van der Waals surface area contributed by atoms with Gasteiger partial charge in [0.15, 0.2) is 12.6 Å². The number of unbranched alkanes of at least 4 members (excludes halogenated alkanes) is 4. The lowest BCUT2D eigenvalue weighted by molar-refractivity contribution is -0.192. The summed E-state index contributed by atoms with van der Waals surface area (Å²) in [6, 6.07) is 0. The maximum Gasteiger partial charge on any atom is 0.230 e. The number of hydrogen-bond acceptors (Lipinski definition) is 9. The molecule has 1 rings (SSSR count). The molecule has 1 aliphatic rings. The predicted octanol–water partition coefficient (Wildman–Crippen LogP) is 4.37. The van der Waals surface area contributed by atoms with Crippen LogP contribution in [0.25, 0.3) is 0 Å². The molecule has 0 aromatic carbocycles. The van der Waals surface area contributed by atoms with E-state index in [1.807, 2.05) is 0 Å². The van der Waals surface area contributed by atoms with Crippen LogP contribution in [0, 0.1) is 0 Å². The van der Waals surface area contributed by atoms with E-state index in [1.165, 1.54) is 0 Å². The molecule has 206 valence electrons. The zero-order chi connectivity index (χ0) is 25.7. The average molecular weight is 557 g/mol. The maximum absolute atomic E-state index is 12.9. The van der Waals surface area contributed by atoms with Crippen LogP contribution < -0.4 is 9.79 Å². The minimum absolute atomic E-state index is 0.0698. The van der Waals surface area contributed by atoms with Crippen LogP contribution in [0.15, 0.2) is 0 Å². The summed E-state index contributed by atoms with van der Waals surface area (Å²) >= 11 is 1.56. The molecule has 0 aromatic rings. The monoisotopic (exact) mass is 556 g/mol. The van der Waals surface area contributed by atoms with E-state index in [0.29, 0.717) is 48.5 Å². The lowest BCUT2D eigenvalue weighted by atomic mass is 10.3. The number of ether oxygens (including phenoxy) is 4. The molecule has 2 unspecified atom stereocenters. The molecule has 1 aliphatic heterocycles. The minimum Gasteiger partial charge on any atom is -0.603 e. The standard InChI is InChI=1S/C24H46O8P2S/c1-5-9-13-27-23(28-14-10-6-2)17-31-33(25)21-19-35-20-22(21)34(26)32-18-24(29-15-11-7-3)30-16-12-8-4/h23-24H,5-20H2,1-4H3. The van der Waals surface area contributed by atoms with Gasteiger partial charge < -0.3 is 28.7 Å². The molecule has 0 radical (unpaired) electrons. The SMILES string of the molecule is CCCCOC(CO[P+]([O-])=C1CSCC1=[P+]([O-])OCC(OCCCC)OCCCC)OCCCC. The lowest BCUT2D eigenvalue weighted by Gasteiger charge is -2.17. The Bertz CT molecular complexity index is 536. The van der Waals surface area contributed by atoms with E-state index in [9.17, 15) is 9.79 Å². The van der Waals surface area contributed by atoms with Gasteiger partial charge in [0.05, 0.1) is 11.5 Å². The van der Waals surface area contributed by atoms with E-state index in [4.69, 9.17) is 28.0 Å². The molecular weight excluding hydrogens is 510 g/mol. The molecule has 0 aromatic heterocycles. The van der Waals surface area contributed by atoms with Crippen molar-refractivity contribution in [2.24, 2.45) is 0 Å². The third kappa shape index (κ3) is 15.4. The van der Waals surface area contributed by atoms with E-state index >= 15 is 0 Å². The van der Waals surface area contributed by atoms with Crippen LogP contribution in [0.4, 0.5) is 0 Å². The van der Waals surface area contributed by atoms with Crippen LogP contribution >= 0.6 is 27.8 Å². The molecule has 1 saturated heterocycles. The average Bonchev–Trinajstić information content (AvgIpc) is 3.35. The van der Waals surface area contributed by atoms with Crippen molar-refractivity contribution in [3.63, 3.8) is 0 Å². The summed E-state index contributed by atoms with van der Waals surface area (Å²) in [6.45, 7) is 10.8. The Labute approximate surface area is 218 Å². The van der Waals surface area contributed by atoms with Crippen LogP contribution in [-0.2, 0) is 28.0 Å². The van der Waals surface area contributed by atoms with Gasteiger partial charge >= 0.3 is 0 Å². The Morgan fingerprint density at radius 1 is 0.629 bits per heavy atom. The molecule has 11 heteroatoms. The molecule has 2 atom stereocenters. The van der Waals surface area contributed by atoms with E-state index in [-0.39, 0.29) is 13.2 Å². The van der Waals surface area contributed by atoms with Crippen LogP contribution in [0.1, 0.15) is 79.1 Å². The molecule has 0 N–H and O–H groups in total. The molecule has 0 bridgehead atoms. The fourth-order valence-electron chi connectivity index (χ4n) is 2.87. The fourth-order valence-corrected chi connectivity index (χ4v) is 7.20. The number of hydrogen-bond donors (Lipinski definition) is 0. The summed E-state index contributed by atoms with van der Waals surface area (Å²) in [5.41, 5.74) is 0. The van der Waals surface area contributed by atoms with E-state index in [1.54, 1.807) is 11.8 Å². The highest BCUT2D eigenvalue weighted by Crippen LogP contribution is 2.32. The van der Waals surface area contributed by atoms with Gasteiger partial charge in [0.2, 0.25) is 26.6 Å². The van der Waals surface area contributed by atoms with E-state index in [2.05, 4.69) is 27.7 Å². The summed E-state index contributed by atoms with van der Waals surface area (Å²) in [5, 5.41) is 1.12. The highest BCUT2D eigenvalue weighted by molar-refractivity contribution is 8.03. The van der Waals surface area contributed by atoms with Crippen molar-refractivity contribution in [3.05, 3.63) is 0 Å². The summed E-state index contributed by atoms with van der Waals surface area (Å²) in [4.78, 5) is 25.8. The largest absolute Gasteiger partial charge is 0.603 e. The molecule has 0 saturated carbocycles. The first-order chi connectivity index (χ1) is 17.1. The topological polar surface area (TPSA) is 102 Å². The van der Waals surface area contributed by atoms with Gasteiger partial charge in [-0.1, -0.05) is 53.4 Å². The van der Waals surface area contributed by atoms with Crippen molar-refractivity contribution in [2.45, 2.75) is 91.6 Å². The smallest absolute Gasteiger partial charge is 0.230 e. The second-order valence-corrected chi connectivity index (χ2v) is 11.9. The highest BCUT2D eigenvalue weighted by Gasteiger charge is 2.33. The molecule has 0 spiro atoms. The fraction of sp³-hybridized carbons (Fsp3) is 0.917. The van der Waals surface area contributed by atoms with Crippen molar-refractivity contribution < 1.29 is 37.8 Å². The number of rotatable bonds is 22. The van der Waals surface area contributed by atoms with Gasteiger partial charge in [-0.25, -0.2) is 0 Å². The van der Waals surface area contributed by atoms with Crippen molar-refractivity contribution in [2.75, 3.05) is 51.1 Å². The molecule has 35 heavy (non-hydrogen) atoms. The third-order valence-electron chi connectivity index (χ3n) is 5.11. The van der Waals surface area contributed by atoms with Crippen molar-refractivity contribution in [1.82, 2.24) is 0 Å². The zero-order valence-corrected chi connectivity index (χ0v) is 24.6. The zero-order valence-electron chi connectivity index (χ0n) is 22.0. The summed E-state index contributed by atoms with van der Waals surface area (Å²) in [6.07, 6.45) is 6.66. The van der Waals surface area contributed by atoms with Gasteiger partial charge in [0, 0.05) is 26.4 Å². The molecule has 8 nitrogen and oxygen atoms in total. The van der Waals surface area contributed by atoms with Crippen LogP contribution in [0.2, 0.25) is 0 Å². The van der Waals surface area contributed by atoms with Crippen LogP contribution in [0.5, 0.6) is 0 Å². The summed E-state index contributed by atoms with van der Waals surface area (Å²) < 4.78 is 34.3. The quantitative estimate of drug-likeness (QED) is 0.109. The molecule has 0 aliphatic carbocycles. The Hall–Kier alpha value is 0.370.